The molecule has 0 aromatic heterocycles. The SMILES string of the molecule is N#CCCN1CCN(C(=S)NC(=O)CCCC(=O)OCCCc2ccccc2)CC1. The summed E-state index contributed by atoms with van der Waals surface area (Å²) < 4.78 is 5.23. The van der Waals surface area contributed by atoms with Crippen molar-refractivity contribution in [3.63, 3.8) is 0 Å². The van der Waals surface area contributed by atoms with Crippen molar-refractivity contribution in [3.05, 3.63) is 35.9 Å². The highest BCUT2D eigenvalue weighted by Gasteiger charge is 2.19. The molecule has 0 spiro atoms. The number of nitriles is 1. The molecule has 1 amide bonds. The van der Waals surface area contributed by atoms with Gasteiger partial charge in [0.1, 0.15) is 0 Å². The highest BCUT2D eigenvalue weighted by molar-refractivity contribution is 7.80. The van der Waals surface area contributed by atoms with Crippen molar-refractivity contribution in [3.8, 4) is 6.07 Å². The number of piperazine rings is 1. The fraction of sp³-hybridized carbons (Fsp3) is 0.545. The quantitative estimate of drug-likeness (QED) is 0.346. The van der Waals surface area contributed by atoms with Crippen LogP contribution in [0.25, 0.3) is 0 Å². The minimum atomic E-state index is -0.271. The molecule has 1 aromatic rings. The maximum Gasteiger partial charge on any atom is 0.305 e. The minimum Gasteiger partial charge on any atom is -0.466 e. The Morgan fingerprint density at radius 2 is 1.83 bits per heavy atom. The topological polar surface area (TPSA) is 85.7 Å². The van der Waals surface area contributed by atoms with Gasteiger partial charge in [-0.2, -0.15) is 5.26 Å². The number of amides is 1. The highest BCUT2D eigenvalue weighted by atomic mass is 32.1. The summed E-state index contributed by atoms with van der Waals surface area (Å²) in [6, 6.07) is 12.2. The van der Waals surface area contributed by atoms with Gasteiger partial charge in [0.15, 0.2) is 5.11 Å². The van der Waals surface area contributed by atoms with E-state index in [0.717, 1.165) is 45.6 Å². The summed E-state index contributed by atoms with van der Waals surface area (Å²) in [6.07, 6.45) is 3.09. The van der Waals surface area contributed by atoms with Crippen LogP contribution in [0.3, 0.4) is 0 Å². The first-order chi connectivity index (χ1) is 14.6. The molecule has 1 heterocycles. The number of ether oxygens (including phenoxy) is 1. The first kappa shape index (κ1) is 23.8. The molecule has 1 fully saturated rings. The number of carbonyl (C=O) groups excluding carboxylic acids is 2. The smallest absolute Gasteiger partial charge is 0.305 e. The molecule has 0 atom stereocenters. The lowest BCUT2D eigenvalue weighted by molar-refractivity contribution is -0.143. The summed E-state index contributed by atoms with van der Waals surface area (Å²) in [5, 5.41) is 11.8. The van der Waals surface area contributed by atoms with Gasteiger partial charge in [0.25, 0.3) is 0 Å². The van der Waals surface area contributed by atoms with E-state index in [0.29, 0.717) is 24.6 Å². The van der Waals surface area contributed by atoms with Gasteiger partial charge in [-0.05, 0) is 37.0 Å². The highest BCUT2D eigenvalue weighted by Crippen LogP contribution is 2.05. The summed E-state index contributed by atoms with van der Waals surface area (Å²) >= 11 is 5.32. The van der Waals surface area contributed by atoms with E-state index < -0.39 is 0 Å². The molecule has 1 aliphatic heterocycles. The van der Waals surface area contributed by atoms with E-state index in [1.54, 1.807) is 0 Å². The Hall–Kier alpha value is -2.50. The fourth-order valence-electron chi connectivity index (χ4n) is 3.22. The predicted molar refractivity (Wildman–Crippen MR) is 119 cm³/mol. The van der Waals surface area contributed by atoms with Crippen molar-refractivity contribution >= 4 is 29.2 Å². The lowest BCUT2D eigenvalue weighted by Crippen LogP contribution is -2.52. The van der Waals surface area contributed by atoms with Crippen LogP contribution in [-0.4, -0.2) is 66.1 Å². The number of rotatable bonds is 10. The Morgan fingerprint density at radius 1 is 1.10 bits per heavy atom. The molecule has 30 heavy (non-hydrogen) atoms. The van der Waals surface area contributed by atoms with Crippen LogP contribution in [-0.2, 0) is 20.7 Å². The van der Waals surface area contributed by atoms with E-state index in [1.807, 2.05) is 23.1 Å². The number of carbonyl (C=O) groups is 2. The third kappa shape index (κ3) is 9.33. The van der Waals surface area contributed by atoms with E-state index in [-0.39, 0.29) is 24.7 Å². The zero-order chi connectivity index (χ0) is 21.6. The van der Waals surface area contributed by atoms with Gasteiger partial charge in [0, 0.05) is 52.0 Å². The van der Waals surface area contributed by atoms with Crippen LogP contribution >= 0.6 is 12.2 Å². The molecule has 1 aromatic carbocycles. The minimum absolute atomic E-state index is 0.177. The zero-order valence-electron chi connectivity index (χ0n) is 17.3. The maximum absolute atomic E-state index is 12.1. The first-order valence-corrected chi connectivity index (χ1v) is 10.9. The Kier molecular flexibility index (Phi) is 10.8. The molecule has 2 rings (SSSR count). The van der Waals surface area contributed by atoms with E-state index >= 15 is 0 Å². The number of nitrogens with one attached hydrogen (secondary N) is 1. The van der Waals surface area contributed by atoms with Crippen LogP contribution in [0.5, 0.6) is 0 Å². The molecule has 0 saturated carbocycles. The summed E-state index contributed by atoms with van der Waals surface area (Å²) in [4.78, 5) is 28.1. The van der Waals surface area contributed by atoms with E-state index in [9.17, 15) is 9.59 Å². The Labute approximate surface area is 184 Å². The van der Waals surface area contributed by atoms with Gasteiger partial charge < -0.3 is 15.0 Å². The number of aryl methyl sites for hydroxylation is 1. The van der Waals surface area contributed by atoms with Crippen molar-refractivity contribution < 1.29 is 14.3 Å². The number of hydrogen-bond donors (Lipinski definition) is 1. The second-order valence-electron chi connectivity index (χ2n) is 7.25. The number of thiocarbonyl (C=S) groups is 1. The van der Waals surface area contributed by atoms with Crippen LogP contribution in [0.15, 0.2) is 30.3 Å². The molecule has 8 heteroatoms. The molecule has 7 nitrogen and oxygen atoms in total. The lowest BCUT2D eigenvalue weighted by Gasteiger charge is -2.35. The summed E-state index contributed by atoms with van der Waals surface area (Å²) in [5.41, 5.74) is 1.23. The van der Waals surface area contributed by atoms with Gasteiger partial charge in [0.05, 0.1) is 12.7 Å². The zero-order valence-corrected chi connectivity index (χ0v) is 18.2. The summed E-state index contributed by atoms with van der Waals surface area (Å²) in [7, 11) is 0. The molecule has 0 aliphatic carbocycles. The lowest BCUT2D eigenvalue weighted by atomic mass is 10.1. The van der Waals surface area contributed by atoms with Crippen LogP contribution in [0.1, 0.15) is 37.7 Å². The van der Waals surface area contributed by atoms with Gasteiger partial charge in [-0.3, -0.25) is 14.5 Å². The third-order valence-electron chi connectivity index (χ3n) is 4.95. The molecule has 0 bridgehead atoms. The molecule has 1 N–H and O–H groups in total. The number of nitrogens with zero attached hydrogens (tertiary/aromatic N) is 3. The summed E-state index contributed by atoms with van der Waals surface area (Å²) in [5.74, 6) is -0.448. The predicted octanol–water partition coefficient (Wildman–Crippen LogP) is 2.27. The largest absolute Gasteiger partial charge is 0.466 e. The fourth-order valence-corrected chi connectivity index (χ4v) is 3.51. The van der Waals surface area contributed by atoms with Gasteiger partial charge in [-0.1, -0.05) is 30.3 Å². The van der Waals surface area contributed by atoms with E-state index in [1.165, 1.54) is 5.56 Å². The number of esters is 1. The third-order valence-corrected chi connectivity index (χ3v) is 5.31. The Bertz CT molecular complexity index is 728. The van der Waals surface area contributed by atoms with Crippen molar-refractivity contribution in [2.24, 2.45) is 0 Å². The van der Waals surface area contributed by atoms with Gasteiger partial charge >= 0.3 is 5.97 Å². The molecular formula is C22H30N4O3S. The number of benzene rings is 1. The standard InChI is InChI=1S/C22H30N4O3S/c23-12-6-13-25-14-16-26(17-15-25)22(30)24-20(27)10-4-11-21(28)29-18-5-9-19-7-2-1-3-8-19/h1-3,7-8H,4-6,9-11,13-18H2,(H,24,27,30). The number of hydrogen-bond acceptors (Lipinski definition) is 6. The molecule has 1 saturated heterocycles. The van der Waals surface area contributed by atoms with Gasteiger partial charge in [-0.15, -0.1) is 0 Å². The second-order valence-corrected chi connectivity index (χ2v) is 7.64. The van der Waals surface area contributed by atoms with Crippen molar-refractivity contribution in [2.75, 3.05) is 39.3 Å². The molecular weight excluding hydrogens is 400 g/mol. The van der Waals surface area contributed by atoms with E-state index in [2.05, 4.69) is 28.4 Å². The molecule has 1 aliphatic rings. The van der Waals surface area contributed by atoms with Gasteiger partial charge in [0.2, 0.25) is 5.91 Å². The molecule has 0 radical (unpaired) electrons. The van der Waals surface area contributed by atoms with Crippen molar-refractivity contribution in [1.82, 2.24) is 15.1 Å². The van der Waals surface area contributed by atoms with E-state index in [4.69, 9.17) is 22.2 Å². The van der Waals surface area contributed by atoms with Crippen molar-refractivity contribution in [1.29, 1.82) is 5.26 Å². The molecule has 0 unspecified atom stereocenters. The van der Waals surface area contributed by atoms with Crippen molar-refractivity contribution in [2.45, 2.75) is 38.5 Å². The maximum atomic E-state index is 12.1. The normalized spacial score (nSPS) is 14.0. The van der Waals surface area contributed by atoms with Crippen LogP contribution in [0, 0.1) is 11.3 Å². The Balaban J connectivity index is 1.51. The van der Waals surface area contributed by atoms with Crippen LogP contribution in [0.2, 0.25) is 0 Å². The average Bonchev–Trinajstić information content (AvgIpc) is 2.76. The van der Waals surface area contributed by atoms with Crippen LogP contribution in [0.4, 0.5) is 0 Å². The average molecular weight is 431 g/mol. The van der Waals surface area contributed by atoms with Gasteiger partial charge in [-0.25, -0.2) is 0 Å². The van der Waals surface area contributed by atoms with Crippen LogP contribution < -0.4 is 5.32 Å². The second kappa shape index (κ2) is 13.7. The monoisotopic (exact) mass is 430 g/mol. The molecule has 162 valence electrons. The Morgan fingerprint density at radius 3 is 2.53 bits per heavy atom. The summed E-state index contributed by atoms with van der Waals surface area (Å²) in [6.45, 7) is 4.29. The first-order valence-electron chi connectivity index (χ1n) is 10.5.